The molecule has 0 fully saturated rings. The molecule has 1 aliphatic rings. The maximum atomic E-state index is 12.4. The van der Waals surface area contributed by atoms with E-state index in [0.29, 0.717) is 17.0 Å². The minimum absolute atomic E-state index is 0.0808. The summed E-state index contributed by atoms with van der Waals surface area (Å²) in [5, 5.41) is 6.38. The summed E-state index contributed by atoms with van der Waals surface area (Å²) in [6, 6.07) is 9.64. The fourth-order valence-electron chi connectivity index (χ4n) is 3.15. The number of hydrogen-bond donors (Lipinski definition) is 2. The Morgan fingerprint density at radius 2 is 1.83 bits per heavy atom. The molecule has 0 aliphatic heterocycles. The summed E-state index contributed by atoms with van der Waals surface area (Å²) < 4.78 is 0. The molecule has 5 heteroatoms. The molecule has 0 spiro atoms. The van der Waals surface area contributed by atoms with Crippen LogP contribution in [0.2, 0.25) is 0 Å². The Morgan fingerprint density at radius 3 is 2.58 bits per heavy atom. The second-order valence-corrected chi connectivity index (χ2v) is 7.16. The average molecular weight is 342 g/mol. The molecule has 0 radical (unpaired) electrons. The van der Waals surface area contributed by atoms with Crippen LogP contribution in [0.25, 0.3) is 0 Å². The van der Waals surface area contributed by atoms with Crippen LogP contribution in [-0.4, -0.2) is 18.9 Å². The summed E-state index contributed by atoms with van der Waals surface area (Å²) in [5.41, 5.74) is 2.77. The number of hydrogen-bond acceptors (Lipinski definition) is 3. The van der Waals surface area contributed by atoms with E-state index in [1.807, 2.05) is 30.3 Å². The molecule has 2 N–H and O–H groups in total. The van der Waals surface area contributed by atoms with Crippen LogP contribution in [0.15, 0.2) is 30.3 Å². The lowest BCUT2D eigenvalue weighted by Gasteiger charge is -2.08. The Balaban J connectivity index is 1.84. The highest BCUT2D eigenvalue weighted by Crippen LogP contribution is 2.37. The van der Waals surface area contributed by atoms with Crippen molar-refractivity contribution in [1.82, 2.24) is 5.32 Å². The van der Waals surface area contributed by atoms with Crippen molar-refractivity contribution < 1.29 is 9.59 Å². The van der Waals surface area contributed by atoms with Crippen molar-refractivity contribution in [2.75, 3.05) is 12.4 Å². The highest BCUT2D eigenvalue weighted by molar-refractivity contribution is 7.17. The first kappa shape index (κ1) is 16.7. The van der Waals surface area contributed by atoms with Gasteiger partial charge >= 0.3 is 0 Å². The van der Waals surface area contributed by atoms with E-state index in [1.165, 1.54) is 11.3 Å². The topological polar surface area (TPSA) is 58.2 Å². The van der Waals surface area contributed by atoms with E-state index in [1.54, 1.807) is 18.4 Å². The third kappa shape index (κ3) is 3.67. The Kier molecular flexibility index (Phi) is 5.30. The standard InChI is InChI=1S/C19H22N2O2S/c1-20-18(23)17-14-10-6-3-7-11-15(14)24-19(17)21-16(22)12-13-8-4-2-5-9-13/h2,4-5,8-9H,3,6-7,10-12H2,1H3,(H,20,23)(H,21,22). The molecule has 0 saturated carbocycles. The molecular weight excluding hydrogens is 320 g/mol. The highest BCUT2D eigenvalue weighted by Gasteiger charge is 2.25. The van der Waals surface area contributed by atoms with E-state index in [4.69, 9.17) is 0 Å². The van der Waals surface area contributed by atoms with E-state index in [9.17, 15) is 9.59 Å². The molecule has 0 atom stereocenters. The van der Waals surface area contributed by atoms with E-state index < -0.39 is 0 Å². The third-order valence-corrected chi connectivity index (χ3v) is 5.54. The van der Waals surface area contributed by atoms with Gasteiger partial charge in [-0.15, -0.1) is 11.3 Å². The molecule has 0 saturated heterocycles. The number of thiophene rings is 1. The summed E-state index contributed by atoms with van der Waals surface area (Å²) in [7, 11) is 1.64. The molecule has 24 heavy (non-hydrogen) atoms. The van der Waals surface area contributed by atoms with Gasteiger partial charge < -0.3 is 10.6 Å². The van der Waals surface area contributed by atoms with Crippen LogP contribution in [0, 0.1) is 0 Å². The number of carbonyl (C=O) groups is 2. The molecular formula is C19H22N2O2S. The van der Waals surface area contributed by atoms with Crippen LogP contribution in [-0.2, 0) is 24.1 Å². The van der Waals surface area contributed by atoms with Gasteiger partial charge in [0.2, 0.25) is 5.91 Å². The third-order valence-electron chi connectivity index (χ3n) is 4.34. The van der Waals surface area contributed by atoms with Crippen molar-refractivity contribution in [2.24, 2.45) is 0 Å². The molecule has 2 aromatic rings. The lowest BCUT2D eigenvalue weighted by Crippen LogP contribution is -2.22. The molecule has 1 aromatic heterocycles. The number of carbonyl (C=O) groups excluding carboxylic acids is 2. The van der Waals surface area contributed by atoms with Gasteiger partial charge in [0.05, 0.1) is 12.0 Å². The first-order valence-corrected chi connectivity index (χ1v) is 9.21. The number of nitrogens with one attached hydrogen (secondary N) is 2. The lowest BCUT2D eigenvalue weighted by molar-refractivity contribution is -0.115. The van der Waals surface area contributed by atoms with Crippen LogP contribution < -0.4 is 10.6 Å². The number of aryl methyl sites for hydroxylation is 1. The van der Waals surface area contributed by atoms with Gasteiger partial charge in [-0.2, -0.15) is 0 Å². The van der Waals surface area contributed by atoms with Crippen molar-refractivity contribution in [3.63, 3.8) is 0 Å². The molecule has 2 amide bonds. The van der Waals surface area contributed by atoms with Crippen LogP contribution in [0.5, 0.6) is 0 Å². The van der Waals surface area contributed by atoms with E-state index in [0.717, 1.165) is 36.8 Å². The van der Waals surface area contributed by atoms with Gasteiger partial charge in [-0.25, -0.2) is 0 Å². The van der Waals surface area contributed by atoms with Gasteiger partial charge in [-0.3, -0.25) is 9.59 Å². The molecule has 3 rings (SSSR count). The SMILES string of the molecule is CNC(=O)c1c(NC(=O)Cc2ccccc2)sc2c1CCCCC2. The largest absolute Gasteiger partial charge is 0.355 e. The number of benzene rings is 1. The Bertz CT molecular complexity index is 737. The van der Waals surface area contributed by atoms with E-state index in [2.05, 4.69) is 10.6 Å². The molecule has 0 unspecified atom stereocenters. The Labute approximate surface area is 146 Å². The molecule has 1 aliphatic carbocycles. The maximum Gasteiger partial charge on any atom is 0.254 e. The van der Waals surface area contributed by atoms with Gasteiger partial charge in [0.25, 0.3) is 5.91 Å². The lowest BCUT2D eigenvalue weighted by atomic mass is 10.0. The zero-order valence-electron chi connectivity index (χ0n) is 13.9. The molecule has 1 heterocycles. The van der Waals surface area contributed by atoms with E-state index in [-0.39, 0.29) is 11.8 Å². The smallest absolute Gasteiger partial charge is 0.254 e. The second kappa shape index (κ2) is 7.62. The predicted molar refractivity (Wildman–Crippen MR) is 97.7 cm³/mol. The minimum Gasteiger partial charge on any atom is -0.355 e. The van der Waals surface area contributed by atoms with Gasteiger partial charge in [-0.05, 0) is 36.8 Å². The summed E-state index contributed by atoms with van der Waals surface area (Å²) in [4.78, 5) is 26.0. The van der Waals surface area contributed by atoms with Crippen molar-refractivity contribution in [1.29, 1.82) is 0 Å². The van der Waals surface area contributed by atoms with Crippen LogP contribution in [0.3, 0.4) is 0 Å². The van der Waals surface area contributed by atoms with Crippen LogP contribution >= 0.6 is 11.3 Å². The monoisotopic (exact) mass is 342 g/mol. The first-order valence-electron chi connectivity index (χ1n) is 8.39. The maximum absolute atomic E-state index is 12.4. The normalized spacial score (nSPS) is 13.7. The number of rotatable bonds is 4. The van der Waals surface area contributed by atoms with Crippen molar-refractivity contribution in [3.05, 3.63) is 51.9 Å². The zero-order chi connectivity index (χ0) is 16.9. The van der Waals surface area contributed by atoms with E-state index >= 15 is 0 Å². The summed E-state index contributed by atoms with van der Waals surface area (Å²) >= 11 is 1.57. The summed E-state index contributed by atoms with van der Waals surface area (Å²) in [6.45, 7) is 0. The number of anilines is 1. The fourth-order valence-corrected chi connectivity index (χ4v) is 4.45. The summed E-state index contributed by atoms with van der Waals surface area (Å²) in [5.74, 6) is -0.188. The van der Waals surface area contributed by atoms with Gasteiger partial charge in [0.15, 0.2) is 0 Å². The molecule has 0 bridgehead atoms. The van der Waals surface area contributed by atoms with Gasteiger partial charge in [0.1, 0.15) is 5.00 Å². The van der Waals surface area contributed by atoms with Crippen molar-refractivity contribution in [2.45, 2.75) is 38.5 Å². The van der Waals surface area contributed by atoms with Crippen LogP contribution in [0.1, 0.15) is 45.6 Å². The Hall–Kier alpha value is -2.14. The summed E-state index contributed by atoms with van der Waals surface area (Å²) in [6.07, 6.45) is 5.69. The number of fused-ring (bicyclic) bond motifs is 1. The van der Waals surface area contributed by atoms with Crippen LogP contribution in [0.4, 0.5) is 5.00 Å². The molecule has 1 aromatic carbocycles. The Morgan fingerprint density at radius 1 is 1.08 bits per heavy atom. The fraction of sp³-hybridized carbons (Fsp3) is 0.368. The molecule has 126 valence electrons. The van der Waals surface area contributed by atoms with Crippen molar-refractivity contribution >= 4 is 28.2 Å². The predicted octanol–water partition coefficient (Wildman–Crippen LogP) is 3.56. The molecule has 4 nitrogen and oxygen atoms in total. The minimum atomic E-state index is -0.107. The van der Waals surface area contributed by atoms with Gasteiger partial charge in [-0.1, -0.05) is 36.8 Å². The second-order valence-electron chi connectivity index (χ2n) is 6.06. The zero-order valence-corrected chi connectivity index (χ0v) is 14.7. The quantitative estimate of drug-likeness (QED) is 0.835. The van der Waals surface area contributed by atoms with Gasteiger partial charge in [0, 0.05) is 11.9 Å². The van der Waals surface area contributed by atoms with Crippen molar-refractivity contribution in [3.8, 4) is 0 Å². The number of amides is 2. The first-order chi connectivity index (χ1) is 11.7. The average Bonchev–Trinajstić information content (AvgIpc) is 2.76. The highest BCUT2D eigenvalue weighted by atomic mass is 32.1.